The van der Waals surface area contributed by atoms with Crippen molar-refractivity contribution in [3.05, 3.63) is 76.3 Å². The van der Waals surface area contributed by atoms with Gasteiger partial charge < -0.3 is 9.47 Å². The summed E-state index contributed by atoms with van der Waals surface area (Å²) in [4.78, 5) is 10.9. The number of allylic oxidation sites excluding steroid dienone is 1. The lowest BCUT2D eigenvalue weighted by Crippen LogP contribution is -2.00. The van der Waals surface area contributed by atoms with Gasteiger partial charge in [-0.25, -0.2) is 0 Å². The zero-order chi connectivity index (χ0) is 18.5. The number of ether oxygens (including phenoxy) is 2. The normalized spacial score (nSPS) is 11.0. The van der Waals surface area contributed by atoms with Gasteiger partial charge in [-0.1, -0.05) is 42.5 Å². The van der Waals surface area contributed by atoms with E-state index < -0.39 is 5.24 Å². The van der Waals surface area contributed by atoms with Crippen LogP contribution in [0.15, 0.2) is 65.1 Å². The van der Waals surface area contributed by atoms with E-state index in [1.165, 1.54) is 11.5 Å². The first-order chi connectivity index (χ1) is 12.6. The molecule has 0 aliphatic rings. The van der Waals surface area contributed by atoms with E-state index in [0.717, 1.165) is 21.0 Å². The molecule has 0 amide bonds. The Balaban J connectivity index is 1.88. The Kier molecular flexibility index (Phi) is 5.96. The number of carbonyl (C=O) groups is 1. The Bertz CT molecular complexity index is 977. The molecule has 3 aromatic carbocycles. The molecule has 3 rings (SSSR count). The largest absolute Gasteiger partial charge is 0.493 e. The summed E-state index contributed by atoms with van der Waals surface area (Å²) >= 11 is 8.86. The second kappa shape index (κ2) is 8.39. The average molecular weight is 432 g/mol. The van der Waals surface area contributed by atoms with Crippen LogP contribution >= 0.6 is 27.5 Å². The van der Waals surface area contributed by atoms with E-state index in [9.17, 15) is 4.79 Å². The maximum atomic E-state index is 10.9. The van der Waals surface area contributed by atoms with Gasteiger partial charge in [0.25, 0.3) is 0 Å². The number of halogens is 2. The molecule has 0 aliphatic carbocycles. The summed E-state index contributed by atoms with van der Waals surface area (Å²) < 4.78 is 12.2. The molecule has 0 spiro atoms. The monoisotopic (exact) mass is 430 g/mol. The smallest absolute Gasteiger partial charge is 0.245 e. The molecule has 0 heterocycles. The van der Waals surface area contributed by atoms with E-state index in [2.05, 4.69) is 34.1 Å². The molecule has 0 unspecified atom stereocenters. The second-order valence-electron chi connectivity index (χ2n) is 5.60. The van der Waals surface area contributed by atoms with Gasteiger partial charge in [-0.2, -0.15) is 0 Å². The summed E-state index contributed by atoms with van der Waals surface area (Å²) in [6.45, 7) is 0.408. The molecule has 26 heavy (non-hydrogen) atoms. The number of fused-ring (bicyclic) bond motifs is 1. The van der Waals surface area contributed by atoms with Crippen LogP contribution in [0.4, 0.5) is 0 Å². The second-order valence-corrected chi connectivity index (χ2v) is 6.83. The lowest BCUT2D eigenvalue weighted by atomic mass is 10.1. The fraction of sp³-hybridized carbons (Fsp3) is 0.0952. The highest BCUT2D eigenvalue weighted by Gasteiger charge is 2.12. The van der Waals surface area contributed by atoms with Crippen molar-refractivity contribution in [2.24, 2.45) is 0 Å². The van der Waals surface area contributed by atoms with Crippen LogP contribution < -0.4 is 9.47 Å². The van der Waals surface area contributed by atoms with E-state index in [-0.39, 0.29) is 0 Å². The van der Waals surface area contributed by atoms with Crippen LogP contribution in [0.25, 0.3) is 16.8 Å². The van der Waals surface area contributed by atoms with Crippen LogP contribution in [0.2, 0.25) is 0 Å². The lowest BCUT2D eigenvalue weighted by Gasteiger charge is -2.14. The van der Waals surface area contributed by atoms with Crippen molar-refractivity contribution in [3.63, 3.8) is 0 Å². The van der Waals surface area contributed by atoms with Gasteiger partial charge >= 0.3 is 0 Å². The molecule has 0 aliphatic heterocycles. The molecule has 3 aromatic rings. The lowest BCUT2D eigenvalue weighted by molar-refractivity contribution is -0.107. The molecular formula is C21H16BrClO3. The molecule has 0 N–H and O–H groups in total. The van der Waals surface area contributed by atoms with Crippen LogP contribution in [0, 0.1) is 0 Å². The highest BCUT2D eigenvalue weighted by Crippen LogP contribution is 2.38. The third kappa shape index (κ3) is 4.26. The molecule has 0 radical (unpaired) electrons. The van der Waals surface area contributed by atoms with E-state index in [4.69, 9.17) is 21.1 Å². The number of rotatable bonds is 6. The van der Waals surface area contributed by atoms with Crippen LogP contribution in [0.3, 0.4) is 0 Å². The molecule has 0 saturated heterocycles. The Morgan fingerprint density at radius 3 is 2.69 bits per heavy atom. The number of hydrogen-bond acceptors (Lipinski definition) is 3. The number of hydrogen-bond donors (Lipinski definition) is 0. The molecule has 5 heteroatoms. The molecule has 0 bridgehead atoms. The van der Waals surface area contributed by atoms with Gasteiger partial charge in [0.2, 0.25) is 5.24 Å². The van der Waals surface area contributed by atoms with E-state index in [1.807, 2.05) is 30.3 Å². The average Bonchev–Trinajstić information content (AvgIpc) is 2.65. The van der Waals surface area contributed by atoms with Gasteiger partial charge in [-0.05, 0) is 73.7 Å². The minimum absolute atomic E-state index is 0.408. The van der Waals surface area contributed by atoms with Gasteiger partial charge in [-0.15, -0.1) is 0 Å². The van der Waals surface area contributed by atoms with Crippen molar-refractivity contribution in [1.29, 1.82) is 0 Å². The maximum absolute atomic E-state index is 10.9. The molecule has 0 atom stereocenters. The highest BCUT2D eigenvalue weighted by molar-refractivity contribution is 9.10. The fourth-order valence-corrected chi connectivity index (χ4v) is 3.34. The zero-order valence-corrected chi connectivity index (χ0v) is 16.4. The third-order valence-electron chi connectivity index (χ3n) is 3.91. The molecule has 0 fully saturated rings. The van der Waals surface area contributed by atoms with Gasteiger partial charge in [0.1, 0.15) is 6.61 Å². The third-order valence-corrected chi connectivity index (χ3v) is 4.63. The van der Waals surface area contributed by atoms with E-state index in [0.29, 0.717) is 18.1 Å². The molecule has 3 nitrogen and oxygen atoms in total. The maximum Gasteiger partial charge on any atom is 0.245 e. The van der Waals surface area contributed by atoms with Crippen molar-refractivity contribution in [2.45, 2.75) is 6.61 Å². The van der Waals surface area contributed by atoms with Crippen LogP contribution in [0.5, 0.6) is 11.5 Å². The standard InChI is InChI=1S/C21H16BrClO3/c1-25-19-12-14(9-10-20(23)24)11-18(22)21(19)26-13-16-7-4-6-15-5-2-3-8-17(15)16/h2-12H,13H2,1H3/b10-9+. The Labute approximate surface area is 165 Å². The van der Waals surface area contributed by atoms with Crippen molar-refractivity contribution in [3.8, 4) is 11.5 Å². The quantitative estimate of drug-likeness (QED) is 0.356. The van der Waals surface area contributed by atoms with Crippen molar-refractivity contribution >= 4 is 49.6 Å². The van der Waals surface area contributed by atoms with Gasteiger partial charge in [-0.3, -0.25) is 4.79 Å². The molecule has 132 valence electrons. The number of methoxy groups -OCH3 is 1. The minimum atomic E-state index is -0.531. The first-order valence-corrected chi connectivity index (χ1v) is 9.10. The van der Waals surface area contributed by atoms with Crippen molar-refractivity contribution in [1.82, 2.24) is 0 Å². The Hall–Kier alpha value is -2.30. The fourth-order valence-electron chi connectivity index (χ4n) is 2.71. The van der Waals surface area contributed by atoms with E-state index >= 15 is 0 Å². The number of benzene rings is 3. The predicted octanol–water partition coefficient (Wildman–Crippen LogP) is 5.97. The predicted molar refractivity (Wildman–Crippen MR) is 109 cm³/mol. The summed E-state index contributed by atoms with van der Waals surface area (Å²) in [5, 5.41) is 1.80. The topological polar surface area (TPSA) is 35.5 Å². The Morgan fingerprint density at radius 1 is 1.15 bits per heavy atom. The van der Waals surface area contributed by atoms with E-state index in [1.54, 1.807) is 19.3 Å². The SMILES string of the molecule is COc1cc(/C=C/C(=O)Cl)cc(Br)c1OCc1cccc2ccccc12. The van der Waals surface area contributed by atoms with Crippen molar-refractivity contribution < 1.29 is 14.3 Å². The summed E-state index contributed by atoms with van der Waals surface area (Å²) in [7, 11) is 1.58. The summed E-state index contributed by atoms with van der Waals surface area (Å²) in [6, 6.07) is 18.0. The molecule has 0 aromatic heterocycles. The van der Waals surface area contributed by atoms with Crippen LogP contribution in [-0.4, -0.2) is 12.4 Å². The van der Waals surface area contributed by atoms with Gasteiger partial charge in [0, 0.05) is 0 Å². The molecule has 0 saturated carbocycles. The molecular weight excluding hydrogens is 416 g/mol. The highest BCUT2D eigenvalue weighted by atomic mass is 79.9. The van der Waals surface area contributed by atoms with Crippen LogP contribution in [-0.2, 0) is 11.4 Å². The summed E-state index contributed by atoms with van der Waals surface area (Å²) in [5.74, 6) is 1.18. The minimum Gasteiger partial charge on any atom is -0.493 e. The first kappa shape index (κ1) is 18.5. The first-order valence-electron chi connectivity index (χ1n) is 7.93. The summed E-state index contributed by atoms with van der Waals surface area (Å²) in [6.07, 6.45) is 2.91. The Morgan fingerprint density at radius 2 is 1.92 bits per heavy atom. The van der Waals surface area contributed by atoms with Crippen molar-refractivity contribution in [2.75, 3.05) is 7.11 Å². The zero-order valence-electron chi connectivity index (χ0n) is 14.0. The van der Waals surface area contributed by atoms with Gasteiger partial charge in [0.05, 0.1) is 11.6 Å². The number of carbonyl (C=O) groups excluding carboxylic acids is 1. The van der Waals surface area contributed by atoms with Crippen LogP contribution in [0.1, 0.15) is 11.1 Å². The summed E-state index contributed by atoms with van der Waals surface area (Å²) in [5.41, 5.74) is 1.87. The van der Waals surface area contributed by atoms with Gasteiger partial charge in [0.15, 0.2) is 11.5 Å².